The summed E-state index contributed by atoms with van der Waals surface area (Å²) >= 11 is 0.939. The smallest absolute Gasteiger partial charge is 0.362 e. The lowest BCUT2D eigenvalue weighted by Gasteiger charge is -2.36. The maximum Gasteiger partial charge on any atom is 0.362 e. The number of nitrogen functional groups attached to an aromatic ring is 1. The van der Waals surface area contributed by atoms with E-state index in [-0.39, 0.29) is 33.0 Å². The van der Waals surface area contributed by atoms with E-state index in [0.717, 1.165) is 60.5 Å². The molecule has 3 aromatic rings. The number of imide groups is 1. The Labute approximate surface area is 291 Å². The number of piperidine rings is 1. The van der Waals surface area contributed by atoms with Crippen LogP contribution in [0, 0.1) is 0 Å². The van der Waals surface area contributed by atoms with Gasteiger partial charge in [0.2, 0.25) is 11.0 Å². The number of aromatic amines is 1. The highest BCUT2D eigenvalue weighted by Gasteiger charge is 2.44. The number of H-pyrrole nitrogens is 1. The molecular formula is C27H33N11O11S2. The number of oxime groups is 1. The fourth-order valence-electron chi connectivity index (χ4n) is 4.90. The molecule has 1 atom stereocenters. The zero-order valence-electron chi connectivity index (χ0n) is 27.1. The molecule has 4 amide bonds. The van der Waals surface area contributed by atoms with Gasteiger partial charge in [-0.2, -0.15) is 8.42 Å². The van der Waals surface area contributed by atoms with Gasteiger partial charge in [-0.25, -0.2) is 24.1 Å². The Morgan fingerprint density at radius 2 is 1.88 bits per heavy atom. The van der Waals surface area contributed by atoms with Crippen LogP contribution in [-0.2, 0) is 36.0 Å². The van der Waals surface area contributed by atoms with Crippen molar-refractivity contribution < 1.29 is 42.6 Å². The number of carbonyl (C=O) groups is 4. The highest BCUT2D eigenvalue weighted by atomic mass is 32.2. The van der Waals surface area contributed by atoms with E-state index in [1.54, 1.807) is 4.72 Å². The minimum absolute atomic E-state index is 0.00600. The third-order valence-corrected chi connectivity index (χ3v) is 9.64. The lowest BCUT2D eigenvalue weighted by Crippen LogP contribution is -2.68. The average molecular weight is 752 g/mol. The number of hydrogen-bond acceptors (Lipinski definition) is 16. The molecule has 2 aliphatic rings. The monoisotopic (exact) mass is 751 g/mol. The fourth-order valence-corrected chi connectivity index (χ4v) is 6.36. The van der Waals surface area contributed by atoms with Crippen LogP contribution < -0.4 is 26.9 Å². The first-order valence-corrected chi connectivity index (χ1v) is 17.5. The van der Waals surface area contributed by atoms with Crippen LogP contribution >= 0.6 is 11.3 Å². The molecule has 0 aliphatic carbocycles. The van der Waals surface area contributed by atoms with Gasteiger partial charge in [0, 0.05) is 30.7 Å². The maximum atomic E-state index is 13.4. The van der Waals surface area contributed by atoms with Crippen LogP contribution in [0.1, 0.15) is 38.8 Å². The first-order chi connectivity index (χ1) is 24.0. The number of aliphatic carboxylic acids is 1. The summed E-state index contributed by atoms with van der Waals surface area (Å²) in [6, 6.07) is -1.89. The molecule has 51 heavy (non-hydrogen) atoms. The van der Waals surface area contributed by atoms with Crippen molar-refractivity contribution in [3.63, 3.8) is 0 Å². The standard InChI is InChI=1S/C27H33N11O11S2/c1-27(2,23(43)44)49-33-19(16-13-50-24(28)31-16)21(41)30-15-12-37(22(15)42)25(45)34-51(47,48)38-26(46)36(9-8-35-6-4-3-5-7-35)20(32-38)14-10-17(39)18(40)11-29-14/h10-11,13,15,40H,3-9,12H2,1-2H3,(H2,28,31)(H,29,39)(H,30,41)(H,34,45)(H,43,44)/b33-19-/t15-/m0/s1. The molecule has 7 N–H and O–H groups in total. The Bertz CT molecular complexity index is 2130. The van der Waals surface area contributed by atoms with Crippen LogP contribution in [0.3, 0.4) is 0 Å². The first-order valence-electron chi connectivity index (χ1n) is 15.2. The maximum absolute atomic E-state index is 13.4. The number of thiazole rings is 1. The molecule has 0 bridgehead atoms. The van der Waals surface area contributed by atoms with Crippen molar-refractivity contribution >= 4 is 56.2 Å². The third kappa shape index (κ3) is 7.91. The number of urea groups is 1. The molecule has 0 unspecified atom stereocenters. The summed E-state index contributed by atoms with van der Waals surface area (Å²) in [7, 11) is -5.09. The van der Waals surface area contributed by atoms with E-state index in [4.69, 9.17) is 10.6 Å². The van der Waals surface area contributed by atoms with Crippen molar-refractivity contribution in [3.05, 3.63) is 44.0 Å². The molecule has 274 valence electrons. The number of anilines is 1. The summed E-state index contributed by atoms with van der Waals surface area (Å²) in [5, 5.41) is 30.1. The molecule has 0 radical (unpaired) electrons. The second-order valence-electron chi connectivity index (χ2n) is 11.9. The minimum atomic E-state index is -5.09. The van der Waals surface area contributed by atoms with Gasteiger partial charge in [-0.05, 0) is 39.8 Å². The number of nitrogens with two attached hydrogens (primary N) is 1. The van der Waals surface area contributed by atoms with Crippen molar-refractivity contribution in [3.8, 4) is 17.3 Å². The molecule has 2 aliphatic heterocycles. The number of amides is 4. The van der Waals surface area contributed by atoms with E-state index >= 15 is 0 Å². The van der Waals surface area contributed by atoms with Gasteiger partial charge in [0.15, 0.2) is 22.4 Å². The van der Waals surface area contributed by atoms with Crippen LogP contribution in [0.15, 0.2) is 32.4 Å². The van der Waals surface area contributed by atoms with Crippen molar-refractivity contribution in [2.45, 2.75) is 51.3 Å². The predicted molar refractivity (Wildman–Crippen MR) is 177 cm³/mol. The van der Waals surface area contributed by atoms with E-state index in [1.807, 2.05) is 0 Å². The molecule has 5 heterocycles. The molecule has 0 saturated carbocycles. The van der Waals surface area contributed by atoms with E-state index in [9.17, 15) is 47.4 Å². The number of nitrogens with zero attached hydrogens (tertiary/aromatic N) is 7. The zero-order valence-corrected chi connectivity index (χ0v) is 28.7. The van der Waals surface area contributed by atoms with Crippen molar-refractivity contribution in [1.29, 1.82) is 0 Å². The highest BCUT2D eigenvalue weighted by Crippen LogP contribution is 2.18. The number of hydrogen-bond donors (Lipinski definition) is 6. The van der Waals surface area contributed by atoms with Crippen molar-refractivity contribution in [1.82, 2.24) is 43.6 Å². The lowest BCUT2D eigenvalue weighted by atomic mass is 10.1. The van der Waals surface area contributed by atoms with Gasteiger partial charge in [-0.1, -0.05) is 15.7 Å². The first kappa shape index (κ1) is 36.7. The number of nitrogens with one attached hydrogen (secondary N) is 3. The van der Waals surface area contributed by atoms with E-state index in [0.29, 0.717) is 11.4 Å². The number of carboxylic acids is 1. The number of carboxylic acid groups (broad SMARTS) is 1. The summed E-state index contributed by atoms with van der Waals surface area (Å²) < 4.78 is 29.2. The number of aromatic nitrogens is 5. The molecule has 0 spiro atoms. The topological polar surface area (TPSA) is 307 Å². The largest absolute Gasteiger partial charge is 0.503 e. The highest BCUT2D eigenvalue weighted by molar-refractivity contribution is 7.88. The van der Waals surface area contributed by atoms with Gasteiger partial charge < -0.3 is 36.0 Å². The SMILES string of the molecule is CC(C)(O/N=C(\C(=O)N[C@H]1CN(C(=O)NS(=O)(=O)n2nc(-c3cc(=O)c(O)c[nH]3)n(CCN3CCCCC3)c2=O)C1=O)c1csc(N)n1)C(=O)O. The Kier molecular flexibility index (Phi) is 10.3. The van der Waals surface area contributed by atoms with Gasteiger partial charge >= 0.3 is 27.9 Å². The van der Waals surface area contributed by atoms with E-state index < -0.39 is 74.8 Å². The van der Waals surface area contributed by atoms with Crippen molar-refractivity contribution in [2.75, 3.05) is 31.9 Å². The quantitative estimate of drug-likeness (QED) is 0.0665. The zero-order chi connectivity index (χ0) is 37.2. The van der Waals surface area contributed by atoms with Crippen LogP contribution in [0.4, 0.5) is 9.93 Å². The van der Waals surface area contributed by atoms with Crippen LogP contribution in [-0.4, -0.2) is 119 Å². The molecule has 2 fully saturated rings. The number of β-lactam (4-membered cyclic amide) rings is 1. The Morgan fingerprint density at radius 1 is 1.18 bits per heavy atom. The van der Waals surface area contributed by atoms with Gasteiger partial charge in [0.05, 0.1) is 12.2 Å². The lowest BCUT2D eigenvalue weighted by molar-refractivity contribution is -0.161. The van der Waals surface area contributed by atoms with E-state index in [1.165, 1.54) is 19.2 Å². The Hall–Kier alpha value is -5.62. The minimum Gasteiger partial charge on any atom is -0.503 e. The van der Waals surface area contributed by atoms with Crippen LogP contribution in [0.5, 0.6) is 5.75 Å². The predicted octanol–water partition coefficient (Wildman–Crippen LogP) is -1.96. The average Bonchev–Trinajstić information content (AvgIpc) is 3.65. The Morgan fingerprint density at radius 3 is 2.49 bits per heavy atom. The summed E-state index contributed by atoms with van der Waals surface area (Å²) in [5.74, 6) is -4.38. The number of likely N-dealkylation sites (tertiary alicyclic amines) is 2. The molecule has 2 saturated heterocycles. The second-order valence-corrected chi connectivity index (χ2v) is 14.3. The van der Waals surface area contributed by atoms with Gasteiger partial charge in [-0.15, -0.1) is 16.4 Å². The van der Waals surface area contributed by atoms with Crippen LogP contribution in [0.25, 0.3) is 11.5 Å². The molecular weight excluding hydrogens is 718 g/mol. The number of aromatic hydroxyl groups is 1. The van der Waals surface area contributed by atoms with E-state index in [2.05, 4.69) is 30.4 Å². The number of carbonyl (C=O) groups excluding carboxylic acids is 3. The fraction of sp³-hybridized carbons (Fsp3) is 0.444. The summed E-state index contributed by atoms with van der Waals surface area (Å²) in [4.78, 5) is 89.9. The number of pyridine rings is 1. The van der Waals surface area contributed by atoms with Gasteiger partial charge in [-0.3, -0.25) is 23.9 Å². The molecule has 22 nitrogen and oxygen atoms in total. The summed E-state index contributed by atoms with van der Waals surface area (Å²) in [5.41, 5.74) is 1.05. The van der Waals surface area contributed by atoms with Crippen molar-refractivity contribution in [2.24, 2.45) is 5.16 Å². The molecule has 3 aromatic heterocycles. The number of rotatable bonds is 12. The second kappa shape index (κ2) is 14.3. The molecule has 24 heteroatoms. The van der Waals surface area contributed by atoms with Gasteiger partial charge in [0.25, 0.3) is 11.8 Å². The Balaban J connectivity index is 1.31. The van der Waals surface area contributed by atoms with Crippen LogP contribution in [0.2, 0.25) is 0 Å². The molecule has 0 aromatic carbocycles. The summed E-state index contributed by atoms with van der Waals surface area (Å²) in [6.07, 6.45) is 3.89. The van der Waals surface area contributed by atoms with Gasteiger partial charge in [0.1, 0.15) is 11.7 Å². The third-order valence-electron chi connectivity index (χ3n) is 7.84. The summed E-state index contributed by atoms with van der Waals surface area (Å²) in [6.45, 7) is 3.66. The molecule has 5 rings (SSSR count). The normalized spacial score (nSPS) is 17.1.